The SMILES string of the molecule is COC(=O)c1ccc(C(=O)N2CCc3oncc3C2)cc1. The van der Waals surface area contributed by atoms with E-state index in [1.807, 2.05) is 0 Å². The molecule has 1 amide bonds. The van der Waals surface area contributed by atoms with Gasteiger partial charge in [0.05, 0.1) is 25.4 Å². The van der Waals surface area contributed by atoms with Gasteiger partial charge in [-0.1, -0.05) is 5.16 Å². The van der Waals surface area contributed by atoms with Gasteiger partial charge in [-0.05, 0) is 24.3 Å². The first kappa shape index (κ1) is 13.4. The van der Waals surface area contributed by atoms with Crippen LogP contribution in [0.4, 0.5) is 0 Å². The maximum atomic E-state index is 12.4. The Balaban J connectivity index is 1.75. The molecule has 3 rings (SSSR count). The lowest BCUT2D eigenvalue weighted by Gasteiger charge is -2.25. The van der Waals surface area contributed by atoms with E-state index in [-0.39, 0.29) is 5.91 Å². The molecule has 0 radical (unpaired) electrons. The van der Waals surface area contributed by atoms with Crippen LogP contribution in [-0.4, -0.2) is 35.6 Å². The van der Waals surface area contributed by atoms with E-state index in [0.29, 0.717) is 30.6 Å². The van der Waals surface area contributed by atoms with Crippen molar-refractivity contribution in [2.24, 2.45) is 0 Å². The van der Waals surface area contributed by atoms with Crippen molar-refractivity contribution in [2.75, 3.05) is 13.7 Å². The van der Waals surface area contributed by atoms with Crippen LogP contribution in [0.2, 0.25) is 0 Å². The van der Waals surface area contributed by atoms with Crippen molar-refractivity contribution in [3.8, 4) is 0 Å². The van der Waals surface area contributed by atoms with E-state index in [2.05, 4.69) is 9.89 Å². The second kappa shape index (κ2) is 5.40. The van der Waals surface area contributed by atoms with Gasteiger partial charge >= 0.3 is 5.97 Å². The number of ether oxygens (including phenoxy) is 1. The Hall–Kier alpha value is -2.63. The summed E-state index contributed by atoms with van der Waals surface area (Å²) in [6, 6.07) is 6.46. The number of carbonyl (C=O) groups excluding carboxylic acids is 2. The zero-order valence-electron chi connectivity index (χ0n) is 11.5. The molecule has 0 saturated carbocycles. The van der Waals surface area contributed by atoms with Crippen molar-refractivity contribution in [3.05, 3.63) is 52.9 Å². The Morgan fingerprint density at radius 1 is 1.24 bits per heavy atom. The Morgan fingerprint density at radius 3 is 2.67 bits per heavy atom. The van der Waals surface area contributed by atoms with Gasteiger partial charge in [-0.2, -0.15) is 0 Å². The van der Waals surface area contributed by atoms with Crippen LogP contribution in [0.5, 0.6) is 0 Å². The number of aromatic nitrogens is 1. The average molecular weight is 286 g/mol. The van der Waals surface area contributed by atoms with Crippen LogP contribution in [0, 0.1) is 0 Å². The van der Waals surface area contributed by atoms with Gasteiger partial charge in [0.2, 0.25) is 0 Å². The van der Waals surface area contributed by atoms with Gasteiger partial charge in [-0.25, -0.2) is 4.79 Å². The third-order valence-corrected chi connectivity index (χ3v) is 3.54. The Labute approximate surface area is 121 Å². The van der Waals surface area contributed by atoms with Gasteiger partial charge in [-0.3, -0.25) is 4.79 Å². The van der Waals surface area contributed by atoms with Gasteiger partial charge in [0, 0.05) is 24.1 Å². The number of carbonyl (C=O) groups is 2. The summed E-state index contributed by atoms with van der Waals surface area (Å²) in [4.78, 5) is 25.6. The minimum atomic E-state index is -0.416. The largest absolute Gasteiger partial charge is 0.465 e. The summed E-state index contributed by atoms with van der Waals surface area (Å²) < 4.78 is 9.74. The predicted octanol–water partition coefficient (Wildman–Crippen LogP) is 1.66. The van der Waals surface area contributed by atoms with E-state index in [1.54, 1.807) is 35.4 Å². The number of rotatable bonds is 2. The molecule has 6 nitrogen and oxygen atoms in total. The second-order valence-corrected chi connectivity index (χ2v) is 4.82. The molecule has 0 fully saturated rings. The van der Waals surface area contributed by atoms with E-state index in [0.717, 1.165) is 11.3 Å². The van der Waals surface area contributed by atoms with Gasteiger partial charge in [-0.15, -0.1) is 0 Å². The van der Waals surface area contributed by atoms with E-state index < -0.39 is 5.97 Å². The van der Waals surface area contributed by atoms with Crippen LogP contribution < -0.4 is 0 Å². The monoisotopic (exact) mass is 286 g/mol. The Bertz CT molecular complexity index is 675. The van der Waals surface area contributed by atoms with Gasteiger partial charge in [0.25, 0.3) is 5.91 Å². The van der Waals surface area contributed by atoms with Crippen LogP contribution in [0.3, 0.4) is 0 Å². The molecule has 1 aliphatic heterocycles. The van der Waals surface area contributed by atoms with Crippen LogP contribution in [0.25, 0.3) is 0 Å². The zero-order chi connectivity index (χ0) is 14.8. The molecule has 0 aliphatic carbocycles. The number of hydrogen-bond acceptors (Lipinski definition) is 5. The van der Waals surface area contributed by atoms with E-state index in [4.69, 9.17) is 4.52 Å². The first-order chi connectivity index (χ1) is 10.2. The third-order valence-electron chi connectivity index (χ3n) is 3.54. The molecule has 0 bridgehead atoms. The summed E-state index contributed by atoms with van der Waals surface area (Å²) >= 11 is 0. The summed E-state index contributed by atoms with van der Waals surface area (Å²) in [7, 11) is 1.33. The van der Waals surface area contributed by atoms with E-state index >= 15 is 0 Å². The van der Waals surface area contributed by atoms with E-state index in [1.165, 1.54) is 7.11 Å². The highest BCUT2D eigenvalue weighted by Gasteiger charge is 2.24. The molecule has 108 valence electrons. The van der Waals surface area contributed by atoms with Crippen molar-refractivity contribution in [1.82, 2.24) is 10.1 Å². The fraction of sp³-hybridized carbons (Fsp3) is 0.267. The second-order valence-electron chi connectivity index (χ2n) is 4.82. The minimum Gasteiger partial charge on any atom is -0.465 e. The maximum absolute atomic E-state index is 12.4. The highest BCUT2D eigenvalue weighted by atomic mass is 16.5. The molecule has 1 aromatic heterocycles. The molecular formula is C15H14N2O4. The Kier molecular flexibility index (Phi) is 3.43. The first-order valence-corrected chi connectivity index (χ1v) is 6.59. The van der Waals surface area contributed by atoms with Gasteiger partial charge in [0.15, 0.2) is 0 Å². The standard InChI is InChI=1S/C15H14N2O4/c1-20-15(19)11-4-2-10(3-5-11)14(18)17-7-6-13-12(9-17)8-16-21-13/h2-5,8H,6-7,9H2,1H3. The summed E-state index contributed by atoms with van der Waals surface area (Å²) in [6.07, 6.45) is 2.32. The Morgan fingerprint density at radius 2 is 1.95 bits per heavy atom. The molecule has 1 aromatic carbocycles. The first-order valence-electron chi connectivity index (χ1n) is 6.59. The van der Waals surface area contributed by atoms with Crippen LogP contribution in [0.1, 0.15) is 32.0 Å². The van der Waals surface area contributed by atoms with Crippen molar-refractivity contribution >= 4 is 11.9 Å². The molecule has 0 saturated heterocycles. The maximum Gasteiger partial charge on any atom is 0.337 e. The van der Waals surface area contributed by atoms with Crippen LogP contribution in [-0.2, 0) is 17.7 Å². The zero-order valence-corrected chi connectivity index (χ0v) is 11.5. The average Bonchev–Trinajstić information content (AvgIpc) is 3.01. The molecule has 0 atom stereocenters. The summed E-state index contributed by atoms with van der Waals surface area (Å²) in [5.41, 5.74) is 1.91. The molecular weight excluding hydrogens is 272 g/mol. The molecule has 21 heavy (non-hydrogen) atoms. The fourth-order valence-corrected chi connectivity index (χ4v) is 2.36. The van der Waals surface area contributed by atoms with Crippen molar-refractivity contribution < 1.29 is 18.8 Å². The lowest BCUT2D eigenvalue weighted by Crippen LogP contribution is -2.35. The lowest BCUT2D eigenvalue weighted by atomic mass is 10.1. The quantitative estimate of drug-likeness (QED) is 0.785. The smallest absolute Gasteiger partial charge is 0.337 e. The lowest BCUT2D eigenvalue weighted by molar-refractivity contribution is 0.0599. The normalized spacial score (nSPS) is 13.7. The third kappa shape index (κ3) is 2.52. The number of fused-ring (bicyclic) bond motifs is 1. The molecule has 1 aliphatic rings. The number of nitrogens with zero attached hydrogens (tertiary/aromatic N) is 2. The summed E-state index contributed by atoms with van der Waals surface area (Å²) in [6.45, 7) is 1.09. The molecule has 2 aromatic rings. The van der Waals surface area contributed by atoms with Crippen LogP contribution >= 0.6 is 0 Å². The molecule has 0 spiro atoms. The molecule has 6 heteroatoms. The topological polar surface area (TPSA) is 72.6 Å². The molecule has 0 unspecified atom stereocenters. The highest BCUT2D eigenvalue weighted by Crippen LogP contribution is 2.20. The number of methoxy groups -OCH3 is 1. The highest BCUT2D eigenvalue weighted by molar-refractivity contribution is 5.96. The van der Waals surface area contributed by atoms with Crippen molar-refractivity contribution in [3.63, 3.8) is 0 Å². The van der Waals surface area contributed by atoms with Crippen molar-refractivity contribution in [2.45, 2.75) is 13.0 Å². The van der Waals surface area contributed by atoms with Crippen molar-refractivity contribution in [1.29, 1.82) is 0 Å². The molecule has 0 N–H and O–H groups in total. The van der Waals surface area contributed by atoms with Gasteiger partial charge < -0.3 is 14.2 Å². The number of amides is 1. The number of benzene rings is 1. The summed E-state index contributed by atoms with van der Waals surface area (Å²) in [5.74, 6) is 0.361. The van der Waals surface area contributed by atoms with E-state index in [9.17, 15) is 9.59 Å². The number of hydrogen-bond donors (Lipinski definition) is 0. The minimum absolute atomic E-state index is 0.0711. The van der Waals surface area contributed by atoms with Gasteiger partial charge in [0.1, 0.15) is 5.76 Å². The molecule has 2 heterocycles. The summed E-state index contributed by atoms with van der Waals surface area (Å²) in [5, 5.41) is 3.75. The fourth-order valence-electron chi connectivity index (χ4n) is 2.36. The van der Waals surface area contributed by atoms with Crippen LogP contribution in [0.15, 0.2) is 35.0 Å². The predicted molar refractivity (Wildman–Crippen MR) is 72.7 cm³/mol. The number of esters is 1.